The molecule has 1 amide bonds. The lowest BCUT2D eigenvalue weighted by molar-refractivity contribution is -0.137. The van der Waals surface area contributed by atoms with Crippen LogP contribution in [0, 0.1) is 0 Å². The first-order chi connectivity index (χ1) is 17.2. The van der Waals surface area contributed by atoms with E-state index in [9.17, 15) is 18.0 Å². The van der Waals surface area contributed by atoms with Gasteiger partial charge in [0.2, 0.25) is 17.7 Å². The molecule has 2 aliphatic rings. The van der Waals surface area contributed by atoms with Crippen LogP contribution in [-0.4, -0.2) is 84.3 Å². The third-order valence-electron chi connectivity index (χ3n) is 6.03. The molecule has 2 aliphatic heterocycles. The Kier molecular flexibility index (Phi) is 6.30. The van der Waals surface area contributed by atoms with Gasteiger partial charge in [0.25, 0.3) is 5.91 Å². The molecule has 192 valence electrons. The number of fused-ring (bicyclic) bond motifs is 1. The van der Waals surface area contributed by atoms with Crippen LogP contribution in [0.3, 0.4) is 0 Å². The topological polar surface area (TPSA) is 105 Å². The molecule has 1 saturated heterocycles. The van der Waals surface area contributed by atoms with Crippen molar-refractivity contribution >= 4 is 17.7 Å². The Balaban J connectivity index is 1.51. The van der Waals surface area contributed by atoms with Gasteiger partial charge in [-0.1, -0.05) is 0 Å². The summed E-state index contributed by atoms with van der Waals surface area (Å²) in [6.45, 7) is 3.35. The van der Waals surface area contributed by atoms with Crippen LogP contribution in [-0.2, 0) is 17.5 Å². The number of ether oxygens (including phenoxy) is 1. The minimum Gasteiger partial charge on any atom is -0.419 e. The minimum atomic E-state index is -4.44. The van der Waals surface area contributed by atoms with Crippen LogP contribution in [0.5, 0.6) is 0 Å². The van der Waals surface area contributed by atoms with Crippen molar-refractivity contribution in [1.29, 1.82) is 0 Å². The zero-order valence-corrected chi connectivity index (χ0v) is 19.7. The predicted molar refractivity (Wildman–Crippen MR) is 122 cm³/mol. The van der Waals surface area contributed by atoms with Gasteiger partial charge in [0.1, 0.15) is 20.0 Å². The van der Waals surface area contributed by atoms with E-state index < -0.39 is 11.7 Å². The molecule has 1 fully saturated rings. The zero-order valence-electron chi connectivity index (χ0n) is 19.7. The fourth-order valence-electron chi connectivity index (χ4n) is 4.15. The van der Waals surface area contributed by atoms with E-state index in [-0.39, 0.29) is 37.7 Å². The molecule has 14 heteroatoms. The van der Waals surface area contributed by atoms with E-state index in [1.807, 2.05) is 0 Å². The third kappa shape index (κ3) is 4.60. The molecule has 36 heavy (non-hydrogen) atoms. The van der Waals surface area contributed by atoms with E-state index in [1.165, 1.54) is 17.0 Å². The van der Waals surface area contributed by atoms with Crippen molar-refractivity contribution in [3.8, 4) is 11.5 Å². The summed E-state index contributed by atoms with van der Waals surface area (Å²) >= 11 is 0. The number of hydrogen-bond donors (Lipinski definition) is 1. The highest BCUT2D eigenvalue weighted by molar-refractivity contribution is 5.98. The predicted octanol–water partition coefficient (Wildman–Crippen LogP) is 1.86. The molecule has 0 unspecified atom stereocenters. The summed E-state index contributed by atoms with van der Waals surface area (Å²) < 4.78 is 51.8. The number of alkyl halides is 3. The maximum Gasteiger partial charge on any atom is 0.416 e. The maximum atomic E-state index is 13.4. The number of benzene rings is 1. The van der Waals surface area contributed by atoms with Gasteiger partial charge < -0.3 is 29.2 Å². The molecule has 0 spiro atoms. The molecule has 0 atom stereocenters. The van der Waals surface area contributed by atoms with Gasteiger partial charge in [0.05, 0.1) is 5.56 Å². The lowest BCUT2D eigenvalue weighted by Crippen LogP contribution is -2.45. The minimum absolute atomic E-state index is 0.0590. The number of rotatable bonds is 4. The van der Waals surface area contributed by atoms with E-state index >= 15 is 0 Å². The van der Waals surface area contributed by atoms with Crippen molar-refractivity contribution in [2.45, 2.75) is 12.7 Å². The molecule has 3 aromatic rings. The highest BCUT2D eigenvalue weighted by Gasteiger charge is 2.33. The van der Waals surface area contributed by atoms with Crippen LogP contribution in [0.1, 0.15) is 21.9 Å². The van der Waals surface area contributed by atoms with E-state index in [0.717, 1.165) is 25.2 Å². The highest BCUT2D eigenvalue weighted by Crippen LogP contribution is 2.32. The Morgan fingerprint density at radius 2 is 1.72 bits per heavy atom. The van der Waals surface area contributed by atoms with E-state index in [2.05, 4.69) is 20.4 Å². The molecule has 0 aliphatic carbocycles. The Hall–Kier alpha value is -3.65. The normalized spacial score (nSPS) is 17.2. The second kappa shape index (κ2) is 9.43. The lowest BCUT2D eigenvalue weighted by Gasteiger charge is -2.29. The largest absolute Gasteiger partial charge is 0.419 e. The quantitative estimate of drug-likeness (QED) is 0.568. The van der Waals surface area contributed by atoms with Gasteiger partial charge in [-0.25, -0.2) is 0 Å². The van der Waals surface area contributed by atoms with Gasteiger partial charge in [-0.2, -0.15) is 18.2 Å². The van der Waals surface area contributed by atoms with Crippen molar-refractivity contribution in [3.63, 3.8) is 0 Å². The van der Waals surface area contributed by atoms with Crippen molar-refractivity contribution in [3.05, 3.63) is 41.4 Å². The van der Waals surface area contributed by atoms with Crippen LogP contribution in [0.4, 0.5) is 24.9 Å². The van der Waals surface area contributed by atoms with Gasteiger partial charge in [-0.05, 0) is 24.3 Å². The Morgan fingerprint density at radius 1 is 1.03 bits per heavy atom. The number of halogens is 3. The highest BCUT2D eigenvalue weighted by atomic mass is 19.4. The zero-order chi connectivity index (χ0) is 25.4. The van der Waals surface area contributed by atoms with Gasteiger partial charge >= 0.3 is 6.18 Å². The van der Waals surface area contributed by atoms with Crippen molar-refractivity contribution < 1.29 is 27.1 Å². The second-order valence-electron chi connectivity index (χ2n) is 8.65. The molecule has 0 saturated carbocycles. The lowest BCUT2D eigenvalue weighted by atomic mass is 10.1. The average molecular weight is 506 g/mol. The first-order valence-corrected chi connectivity index (χ1v) is 11.3. The Bertz CT molecular complexity index is 1230. The summed E-state index contributed by atoms with van der Waals surface area (Å²) in [6, 6.07) is 4.50. The van der Waals surface area contributed by atoms with Crippen LogP contribution < -0.4 is 15.1 Å². The van der Waals surface area contributed by atoms with Crippen molar-refractivity contribution in [1.82, 2.24) is 30.0 Å². The summed E-state index contributed by atoms with van der Waals surface area (Å²) in [5.74, 6) is 1.07. The summed E-state index contributed by atoms with van der Waals surface area (Å²) in [5.41, 5.74) is -0.0387. The summed E-state index contributed by atoms with van der Waals surface area (Å²) in [6.07, 6.45) is -4.44. The number of hydrogen-bond acceptors (Lipinski definition) is 9. The molecule has 4 heterocycles. The van der Waals surface area contributed by atoms with Gasteiger partial charge in [-0.15, -0.1) is 10.2 Å². The molecule has 2 aromatic heterocycles. The molecular formula is C22H25F3N8O3. The molecule has 1 aromatic carbocycles. The first kappa shape index (κ1) is 24.1. The van der Waals surface area contributed by atoms with Gasteiger partial charge in [0, 0.05) is 45.8 Å². The average Bonchev–Trinajstić information content (AvgIpc) is 3.48. The smallest absolute Gasteiger partial charge is 0.416 e. The van der Waals surface area contributed by atoms with Gasteiger partial charge in [-0.3, -0.25) is 9.36 Å². The number of carbonyl (C=O) groups excluding carboxylic acids is 1. The fourth-order valence-corrected chi connectivity index (χ4v) is 4.15. The number of nitrogens with one attached hydrogen (secondary N) is 1. The Morgan fingerprint density at radius 3 is 2.42 bits per heavy atom. The summed E-state index contributed by atoms with van der Waals surface area (Å²) in [4.78, 5) is 23.5. The van der Waals surface area contributed by atoms with Crippen LogP contribution in [0.15, 0.2) is 28.7 Å². The Labute approximate surface area is 204 Å². The number of piperazine rings is 1. The number of carbonyl (C=O) groups is 1. The van der Waals surface area contributed by atoms with Crippen LogP contribution in [0.25, 0.3) is 11.5 Å². The first-order valence-electron chi connectivity index (χ1n) is 11.3. The molecule has 11 nitrogen and oxygen atoms in total. The molecule has 5 rings (SSSR count). The summed E-state index contributed by atoms with van der Waals surface area (Å²) in [7, 11) is 3.44. The van der Waals surface area contributed by atoms with Crippen LogP contribution in [0.2, 0.25) is 0 Å². The number of imidazole rings is 1. The summed E-state index contributed by atoms with van der Waals surface area (Å²) in [5, 5.41) is 11.4. The number of nitrogens with zero attached hydrogens (tertiary/aromatic N) is 7. The number of amides is 1. The van der Waals surface area contributed by atoms with E-state index in [1.54, 1.807) is 23.6 Å². The molecular weight excluding hydrogens is 481 g/mol. The number of anilines is 2. The maximum absolute atomic E-state index is 13.4. The van der Waals surface area contributed by atoms with Gasteiger partial charge in [0.15, 0.2) is 11.5 Å². The molecule has 1 N–H and O–H groups in total. The molecule has 0 bridgehead atoms. The SMILES string of the molecule is CN1COCN(C)c2nc(N3CCNCC3)n(Cc3nnc(-c4ccc(C(F)(F)F)cc4)o3)c2C1=O. The van der Waals surface area contributed by atoms with Crippen LogP contribution >= 0.6 is 0 Å². The third-order valence-corrected chi connectivity index (χ3v) is 6.03. The fraction of sp³-hybridized carbons (Fsp3) is 0.455. The van der Waals surface area contributed by atoms with E-state index in [4.69, 9.17) is 14.1 Å². The van der Waals surface area contributed by atoms with Crippen molar-refractivity contribution in [2.24, 2.45) is 0 Å². The second-order valence-corrected chi connectivity index (χ2v) is 8.65. The van der Waals surface area contributed by atoms with Crippen molar-refractivity contribution in [2.75, 3.05) is 63.5 Å². The van der Waals surface area contributed by atoms with E-state index in [0.29, 0.717) is 36.1 Å². The molecule has 0 radical (unpaired) electrons. The number of aromatic nitrogens is 4. The standard InChI is InChI=1S/C22H25F3N8O3/c1-30-12-35-13-31(2)20(34)17-18(30)27-21(32-9-7-26-8-10-32)33(17)11-16-28-29-19(36-16)14-3-5-15(6-4-14)22(23,24)25/h3-6,26H,7-13H2,1-2H3. The monoisotopic (exact) mass is 506 g/mol.